The molecule has 18 heavy (non-hydrogen) atoms. The molecule has 4 nitrogen and oxygen atoms in total. The molecule has 0 amide bonds. The lowest BCUT2D eigenvalue weighted by atomic mass is 10.2. The minimum atomic E-state index is 0.477. The van der Waals surface area contributed by atoms with Crippen molar-refractivity contribution in [1.29, 1.82) is 0 Å². The van der Waals surface area contributed by atoms with Crippen LogP contribution in [0.25, 0.3) is 0 Å². The van der Waals surface area contributed by atoms with Crippen molar-refractivity contribution in [3.8, 4) is 0 Å². The van der Waals surface area contributed by atoms with Gasteiger partial charge in [-0.3, -0.25) is 0 Å². The van der Waals surface area contributed by atoms with Crippen LogP contribution in [0.15, 0.2) is 12.1 Å². The van der Waals surface area contributed by atoms with Crippen molar-refractivity contribution in [2.24, 2.45) is 0 Å². The maximum atomic E-state index is 4.33. The minimum absolute atomic E-state index is 0.477. The predicted molar refractivity (Wildman–Crippen MR) is 78.1 cm³/mol. The van der Waals surface area contributed by atoms with Crippen LogP contribution in [-0.2, 0) is 6.54 Å². The van der Waals surface area contributed by atoms with E-state index in [2.05, 4.69) is 53.4 Å². The number of thioether (sulfide) groups is 1. The number of rotatable bonds is 5. The van der Waals surface area contributed by atoms with E-state index in [1.807, 2.05) is 11.8 Å². The predicted octanol–water partition coefficient (Wildman–Crippen LogP) is 1.92. The molecule has 1 aliphatic heterocycles. The van der Waals surface area contributed by atoms with Crippen molar-refractivity contribution in [3.63, 3.8) is 0 Å². The Hall–Kier alpha value is -0.810. The van der Waals surface area contributed by atoms with E-state index < -0.39 is 0 Å². The smallest absolute Gasteiger partial charge is 0.151 e. The van der Waals surface area contributed by atoms with Gasteiger partial charge < -0.3 is 10.2 Å². The monoisotopic (exact) mass is 266 g/mol. The van der Waals surface area contributed by atoms with Gasteiger partial charge in [0, 0.05) is 31.4 Å². The van der Waals surface area contributed by atoms with E-state index in [0.717, 1.165) is 18.1 Å². The van der Waals surface area contributed by atoms with Crippen LogP contribution in [0.3, 0.4) is 0 Å². The van der Waals surface area contributed by atoms with Gasteiger partial charge in [0.05, 0.1) is 5.69 Å². The van der Waals surface area contributed by atoms with Gasteiger partial charge in [-0.25, -0.2) is 0 Å². The van der Waals surface area contributed by atoms with Crippen LogP contribution in [0.5, 0.6) is 0 Å². The zero-order chi connectivity index (χ0) is 13.0. The Kier molecular flexibility index (Phi) is 4.83. The molecule has 2 heterocycles. The molecule has 1 atom stereocenters. The van der Waals surface area contributed by atoms with Crippen LogP contribution in [0.2, 0.25) is 0 Å². The van der Waals surface area contributed by atoms with E-state index >= 15 is 0 Å². The summed E-state index contributed by atoms with van der Waals surface area (Å²) in [6.45, 7) is 5.05. The molecule has 100 valence electrons. The first kappa shape index (κ1) is 13.6. The van der Waals surface area contributed by atoms with Crippen molar-refractivity contribution >= 4 is 17.6 Å². The molecule has 1 fully saturated rings. The first-order valence-corrected chi connectivity index (χ1v) is 7.69. The molecule has 0 spiro atoms. The molecule has 0 bridgehead atoms. The molecule has 0 aromatic carbocycles. The SMILES string of the molecule is CC(C)NCc1ccc(N(C)C2CCSC2)nn1. The first-order valence-electron chi connectivity index (χ1n) is 6.53. The summed E-state index contributed by atoms with van der Waals surface area (Å²) in [6.07, 6.45) is 1.25. The largest absolute Gasteiger partial charge is 0.354 e. The van der Waals surface area contributed by atoms with Gasteiger partial charge in [0.15, 0.2) is 5.82 Å². The molecule has 1 aromatic rings. The quantitative estimate of drug-likeness (QED) is 0.882. The summed E-state index contributed by atoms with van der Waals surface area (Å²) in [4.78, 5) is 2.26. The van der Waals surface area contributed by atoms with E-state index in [4.69, 9.17) is 0 Å². The number of nitrogens with one attached hydrogen (secondary N) is 1. The third kappa shape index (κ3) is 3.59. The second-order valence-electron chi connectivity index (χ2n) is 5.05. The molecule has 2 rings (SSSR count). The lowest BCUT2D eigenvalue weighted by Gasteiger charge is -2.24. The van der Waals surface area contributed by atoms with Crippen molar-refractivity contribution in [2.45, 2.75) is 38.9 Å². The van der Waals surface area contributed by atoms with E-state index in [1.165, 1.54) is 17.9 Å². The zero-order valence-corrected chi connectivity index (χ0v) is 12.2. The van der Waals surface area contributed by atoms with Crippen LogP contribution in [0, 0.1) is 0 Å². The molecule has 5 heteroatoms. The fourth-order valence-electron chi connectivity index (χ4n) is 1.96. The minimum Gasteiger partial charge on any atom is -0.354 e. The first-order chi connectivity index (χ1) is 8.66. The molecule has 1 N–H and O–H groups in total. The number of nitrogens with zero attached hydrogens (tertiary/aromatic N) is 3. The van der Waals surface area contributed by atoms with Gasteiger partial charge in [-0.2, -0.15) is 16.9 Å². The van der Waals surface area contributed by atoms with Crippen molar-refractivity contribution < 1.29 is 0 Å². The van der Waals surface area contributed by atoms with Gasteiger partial charge in [-0.15, -0.1) is 5.10 Å². The van der Waals surface area contributed by atoms with E-state index in [0.29, 0.717) is 12.1 Å². The Morgan fingerprint density at radius 2 is 2.28 bits per heavy atom. The summed E-state index contributed by atoms with van der Waals surface area (Å²) in [5, 5.41) is 12.0. The fraction of sp³-hybridized carbons (Fsp3) is 0.692. The molecule has 1 aromatic heterocycles. The Labute approximate surface area is 114 Å². The highest BCUT2D eigenvalue weighted by Crippen LogP contribution is 2.24. The number of anilines is 1. The Balaban J connectivity index is 1.93. The Bertz CT molecular complexity index is 360. The summed E-state index contributed by atoms with van der Waals surface area (Å²) >= 11 is 2.02. The second-order valence-corrected chi connectivity index (χ2v) is 6.20. The van der Waals surface area contributed by atoms with E-state index in [-0.39, 0.29) is 0 Å². The molecule has 0 radical (unpaired) electrons. The van der Waals surface area contributed by atoms with Gasteiger partial charge in [0.25, 0.3) is 0 Å². The van der Waals surface area contributed by atoms with Crippen LogP contribution in [0.1, 0.15) is 26.0 Å². The third-order valence-corrected chi connectivity index (χ3v) is 4.36. The molecule has 0 saturated carbocycles. The highest BCUT2D eigenvalue weighted by Gasteiger charge is 2.21. The normalized spacial score (nSPS) is 19.4. The summed E-state index contributed by atoms with van der Waals surface area (Å²) in [6, 6.07) is 5.23. The summed E-state index contributed by atoms with van der Waals surface area (Å²) in [7, 11) is 2.12. The third-order valence-electron chi connectivity index (χ3n) is 3.21. The molecule has 1 saturated heterocycles. The van der Waals surface area contributed by atoms with E-state index in [9.17, 15) is 0 Å². The summed E-state index contributed by atoms with van der Waals surface area (Å²) in [5.41, 5.74) is 1.00. The fourth-order valence-corrected chi connectivity index (χ4v) is 3.23. The lowest BCUT2D eigenvalue weighted by molar-refractivity contribution is 0.576. The van der Waals surface area contributed by atoms with Crippen LogP contribution in [-0.4, -0.2) is 40.8 Å². The molecular weight excluding hydrogens is 244 g/mol. The molecule has 1 aliphatic rings. The summed E-state index contributed by atoms with van der Waals surface area (Å²) < 4.78 is 0. The zero-order valence-electron chi connectivity index (χ0n) is 11.4. The van der Waals surface area contributed by atoms with Gasteiger partial charge >= 0.3 is 0 Å². The van der Waals surface area contributed by atoms with Crippen LogP contribution in [0.4, 0.5) is 5.82 Å². The number of hydrogen-bond donors (Lipinski definition) is 1. The molecule has 1 unspecified atom stereocenters. The average molecular weight is 266 g/mol. The van der Waals surface area contributed by atoms with Gasteiger partial charge in [-0.05, 0) is 24.3 Å². The van der Waals surface area contributed by atoms with Gasteiger partial charge in [0.2, 0.25) is 0 Å². The van der Waals surface area contributed by atoms with Crippen molar-refractivity contribution in [2.75, 3.05) is 23.5 Å². The van der Waals surface area contributed by atoms with E-state index in [1.54, 1.807) is 0 Å². The maximum Gasteiger partial charge on any atom is 0.151 e. The molecular formula is C13H22N4S. The standard InChI is InChI=1S/C13H22N4S/c1-10(2)14-8-11-4-5-13(16-15-11)17(3)12-6-7-18-9-12/h4-5,10,12,14H,6-9H2,1-3H3. The Morgan fingerprint density at radius 3 is 2.83 bits per heavy atom. The van der Waals surface area contributed by atoms with Gasteiger partial charge in [0.1, 0.15) is 0 Å². The lowest BCUT2D eigenvalue weighted by Crippen LogP contribution is -2.32. The summed E-state index contributed by atoms with van der Waals surface area (Å²) in [5.74, 6) is 3.45. The topological polar surface area (TPSA) is 41.0 Å². The number of hydrogen-bond acceptors (Lipinski definition) is 5. The second kappa shape index (κ2) is 6.38. The van der Waals surface area contributed by atoms with Crippen molar-refractivity contribution in [3.05, 3.63) is 17.8 Å². The highest BCUT2D eigenvalue weighted by molar-refractivity contribution is 7.99. The Morgan fingerprint density at radius 1 is 1.44 bits per heavy atom. The van der Waals surface area contributed by atoms with Gasteiger partial charge in [-0.1, -0.05) is 13.8 Å². The highest BCUT2D eigenvalue weighted by atomic mass is 32.2. The molecule has 0 aliphatic carbocycles. The maximum absolute atomic E-state index is 4.33. The van der Waals surface area contributed by atoms with Crippen LogP contribution >= 0.6 is 11.8 Å². The van der Waals surface area contributed by atoms with Crippen LogP contribution < -0.4 is 10.2 Å². The number of aromatic nitrogens is 2. The average Bonchev–Trinajstić information content (AvgIpc) is 2.90. The van der Waals surface area contributed by atoms with Crippen molar-refractivity contribution in [1.82, 2.24) is 15.5 Å².